The van der Waals surface area contributed by atoms with Crippen molar-refractivity contribution in [3.05, 3.63) is 58.8 Å². The SMILES string of the molecule is Cc1cccc2cccc(C3Cc4nc(OC(C)CN(C)C)nc(N5CCNCC5)c4CO3)c12. The van der Waals surface area contributed by atoms with E-state index in [9.17, 15) is 0 Å². The van der Waals surface area contributed by atoms with Gasteiger partial charge in [-0.25, -0.2) is 0 Å². The van der Waals surface area contributed by atoms with E-state index in [1.165, 1.54) is 21.9 Å². The largest absolute Gasteiger partial charge is 0.459 e. The molecule has 1 fully saturated rings. The number of rotatable bonds is 6. The molecule has 1 aromatic heterocycles. The van der Waals surface area contributed by atoms with Crippen molar-refractivity contribution in [2.75, 3.05) is 51.7 Å². The number of nitrogens with one attached hydrogen (secondary N) is 1. The first-order chi connectivity index (χ1) is 16.5. The topological polar surface area (TPSA) is 62.8 Å². The molecule has 0 aliphatic carbocycles. The van der Waals surface area contributed by atoms with Gasteiger partial charge in [-0.2, -0.15) is 9.97 Å². The number of fused-ring (bicyclic) bond motifs is 2. The zero-order valence-corrected chi connectivity index (χ0v) is 20.7. The molecule has 1 N–H and O–H groups in total. The Kier molecular flexibility index (Phi) is 6.68. The van der Waals surface area contributed by atoms with Crippen molar-refractivity contribution in [3.63, 3.8) is 0 Å². The van der Waals surface area contributed by atoms with Crippen molar-refractivity contribution in [2.45, 2.75) is 39.1 Å². The highest BCUT2D eigenvalue weighted by Crippen LogP contribution is 2.38. The number of nitrogens with zero attached hydrogens (tertiary/aromatic N) is 4. The molecule has 2 aliphatic heterocycles. The summed E-state index contributed by atoms with van der Waals surface area (Å²) in [4.78, 5) is 14.3. The lowest BCUT2D eigenvalue weighted by atomic mass is 9.92. The molecule has 180 valence electrons. The van der Waals surface area contributed by atoms with Crippen molar-refractivity contribution >= 4 is 16.6 Å². The molecule has 34 heavy (non-hydrogen) atoms. The second-order valence-corrected chi connectivity index (χ2v) is 9.71. The normalized spacial score (nSPS) is 19.3. The van der Waals surface area contributed by atoms with Crippen LogP contribution in [-0.2, 0) is 17.8 Å². The molecule has 2 atom stereocenters. The fraction of sp³-hybridized carbons (Fsp3) is 0.481. The Labute approximate surface area is 202 Å². The van der Waals surface area contributed by atoms with Crippen LogP contribution in [0.3, 0.4) is 0 Å². The highest BCUT2D eigenvalue weighted by Gasteiger charge is 2.30. The van der Waals surface area contributed by atoms with Gasteiger partial charge in [0.1, 0.15) is 11.9 Å². The lowest BCUT2D eigenvalue weighted by Gasteiger charge is -2.33. The summed E-state index contributed by atoms with van der Waals surface area (Å²) in [7, 11) is 4.10. The van der Waals surface area contributed by atoms with Crippen molar-refractivity contribution in [3.8, 4) is 6.01 Å². The standard InChI is InChI=1S/C27H35N5O2/c1-18-7-5-8-20-9-6-10-21(25(18)20)24-15-23-22(17-33-24)26(32-13-11-28-12-14-32)30-27(29-23)34-19(2)16-31(3)4/h5-10,19,24,28H,11-17H2,1-4H3. The van der Waals surface area contributed by atoms with Gasteiger partial charge < -0.3 is 24.6 Å². The molecule has 0 amide bonds. The first kappa shape index (κ1) is 23.0. The van der Waals surface area contributed by atoms with Crippen molar-refractivity contribution in [1.82, 2.24) is 20.2 Å². The van der Waals surface area contributed by atoms with Crippen molar-refractivity contribution < 1.29 is 9.47 Å². The molecule has 0 bridgehead atoms. The zero-order chi connectivity index (χ0) is 23.7. The maximum Gasteiger partial charge on any atom is 0.318 e. The Morgan fingerprint density at radius 1 is 1.15 bits per heavy atom. The minimum Gasteiger partial charge on any atom is -0.459 e. The molecule has 2 aromatic carbocycles. The predicted octanol–water partition coefficient (Wildman–Crippen LogP) is 3.49. The fourth-order valence-electron chi connectivity index (χ4n) is 5.18. The number of hydrogen-bond donors (Lipinski definition) is 1. The number of ether oxygens (including phenoxy) is 2. The van der Waals surface area contributed by atoms with E-state index < -0.39 is 0 Å². The van der Waals surface area contributed by atoms with Crippen LogP contribution in [0.25, 0.3) is 10.8 Å². The average Bonchev–Trinajstić information content (AvgIpc) is 2.83. The number of aromatic nitrogens is 2. The van der Waals surface area contributed by atoms with Gasteiger partial charge in [0.15, 0.2) is 0 Å². The van der Waals surface area contributed by atoms with Crippen LogP contribution in [-0.4, -0.2) is 67.8 Å². The molecule has 0 radical (unpaired) electrons. The summed E-state index contributed by atoms with van der Waals surface area (Å²) in [5.74, 6) is 0.964. The van der Waals surface area contributed by atoms with Gasteiger partial charge in [-0.3, -0.25) is 0 Å². The Hall–Kier alpha value is -2.74. The van der Waals surface area contributed by atoms with E-state index >= 15 is 0 Å². The van der Waals surface area contributed by atoms with Crippen LogP contribution in [0.15, 0.2) is 36.4 Å². The number of aryl methyl sites for hydroxylation is 1. The van der Waals surface area contributed by atoms with Crippen LogP contribution in [0.5, 0.6) is 6.01 Å². The molecule has 3 aromatic rings. The first-order valence-electron chi connectivity index (χ1n) is 12.3. The van der Waals surface area contributed by atoms with Crippen molar-refractivity contribution in [2.24, 2.45) is 0 Å². The summed E-state index contributed by atoms with van der Waals surface area (Å²) in [6.45, 7) is 9.29. The molecule has 5 rings (SSSR count). The minimum absolute atomic E-state index is 0.000256. The Bertz CT molecular complexity index is 1150. The second kappa shape index (κ2) is 9.86. The monoisotopic (exact) mass is 461 g/mol. The molecular weight excluding hydrogens is 426 g/mol. The summed E-state index contributed by atoms with van der Waals surface area (Å²) in [6.07, 6.45) is 0.665. The van der Waals surface area contributed by atoms with E-state index in [4.69, 9.17) is 19.4 Å². The molecular formula is C27H35N5O2. The molecule has 0 spiro atoms. The van der Waals surface area contributed by atoms with Gasteiger partial charge in [-0.15, -0.1) is 0 Å². The molecule has 7 heteroatoms. The van der Waals surface area contributed by atoms with Gasteiger partial charge >= 0.3 is 6.01 Å². The summed E-state index contributed by atoms with van der Waals surface area (Å²) >= 11 is 0. The molecule has 2 aliphatic rings. The van der Waals surface area contributed by atoms with Gasteiger partial charge in [0.05, 0.1) is 18.4 Å². The summed E-state index contributed by atoms with van der Waals surface area (Å²) in [5.41, 5.74) is 4.64. The predicted molar refractivity (Wildman–Crippen MR) is 136 cm³/mol. The molecule has 1 saturated heterocycles. The van der Waals surface area contributed by atoms with Crippen LogP contribution in [0, 0.1) is 6.92 Å². The number of likely N-dealkylation sites (N-methyl/N-ethyl adjacent to an activating group) is 1. The summed E-state index contributed by atoms with van der Waals surface area (Å²) in [5, 5.41) is 5.96. The summed E-state index contributed by atoms with van der Waals surface area (Å²) in [6, 6.07) is 13.4. The lowest BCUT2D eigenvalue weighted by Crippen LogP contribution is -2.44. The van der Waals surface area contributed by atoms with Gasteiger partial charge in [-0.05, 0) is 49.8 Å². The third kappa shape index (κ3) is 4.73. The minimum atomic E-state index is -0.0462. The highest BCUT2D eigenvalue weighted by molar-refractivity contribution is 5.89. The second-order valence-electron chi connectivity index (χ2n) is 9.71. The number of anilines is 1. The lowest BCUT2D eigenvalue weighted by molar-refractivity contribution is 0.0263. The maximum absolute atomic E-state index is 6.49. The smallest absolute Gasteiger partial charge is 0.318 e. The van der Waals surface area contributed by atoms with E-state index in [2.05, 4.69) is 65.4 Å². The van der Waals surface area contributed by atoms with Gasteiger partial charge in [0.25, 0.3) is 0 Å². The fourth-order valence-corrected chi connectivity index (χ4v) is 5.18. The zero-order valence-electron chi connectivity index (χ0n) is 20.7. The van der Waals surface area contributed by atoms with E-state index in [0.717, 1.165) is 49.8 Å². The summed E-state index contributed by atoms with van der Waals surface area (Å²) < 4.78 is 12.7. The Morgan fingerprint density at radius 2 is 1.91 bits per heavy atom. The van der Waals surface area contributed by atoms with Gasteiger partial charge in [0.2, 0.25) is 0 Å². The molecule has 7 nitrogen and oxygen atoms in total. The van der Waals surface area contributed by atoms with Crippen LogP contribution in [0.1, 0.15) is 35.4 Å². The van der Waals surface area contributed by atoms with Crippen molar-refractivity contribution in [1.29, 1.82) is 0 Å². The van der Waals surface area contributed by atoms with E-state index in [-0.39, 0.29) is 12.2 Å². The quantitative estimate of drug-likeness (QED) is 0.603. The van der Waals surface area contributed by atoms with Gasteiger partial charge in [-0.1, -0.05) is 36.4 Å². The van der Waals surface area contributed by atoms with Crippen LogP contribution < -0.4 is 15.0 Å². The number of hydrogen-bond acceptors (Lipinski definition) is 7. The third-order valence-corrected chi connectivity index (χ3v) is 6.70. The van der Waals surface area contributed by atoms with Crippen LogP contribution in [0.2, 0.25) is 0 Å². The highest BCUT2D eigenvalue weighted by atomic mass is 16.5. The van der Waals surface area contributed by atoms with Crippen LogP contribution >= 0.6 is 0 Å². The van der Waals surface area contributed by atoms with E-state index in [1.54, 1.807) is 0 Å². The first-order valence-corrected chi connectivity index (χ1v) is 12.3. The Morgan fingerprint density at radius 3 is 2.68 bits per heavy atom. The number of piperazine rings is 1. The maximum atomic E-state index is 6.49. The van der Waals surface area contributed by atoms with E-state index in [0.29, 0.717) is 19.0 Å². The number of benzene rings is 2. The molecule has 2 unspecified atom stereocenters. The third-order valence-electron chi connectivity index (χ3n) is 6.70. The molecule has 0 saturated carbocycles. The molecule has 3 heterocycles. The van der Waals surface area contributed by atoms with E-state index in [1.807, 2.05) is 14.1 Å². The van der Waals surface area contributed by atoms with Gasteiger partial charge in [0, 0.05) is 44.7 Å². The van der Waals surface area contributed by atoms with Crippen LogP contribution in [0.4, 0.5) is 5.82 Å². The average molecular weight is 462 g/mol. The Balaban J connectivity index is 1.51.